The highest BCUT2D eigenvalue weighted by molar-refractivity contribution is 6.16. The first kappa shape index (κ1) is 12.1. The second-order valence-corrected chi connectivity index (χ2v) is 4.41. The molecular weight excluding hydrogens is 234 g/mol. The van der Waals surface area contributed by atoms with Gasteiger partial charge in [0.25, 0.3) is 0 Å². The summed E-state index contributed by atoms with van der Waals surface area (Å²) in [6.07, 6.45) is 0.844. The number of alkyl halides is 1. The van der Waals surface area contributed by atoms with Gasteiger partial charge in [-0.3, -0.25) is 4.57 Å². The quantitative estimate of drug-likeness (QED) is 0.783. The van der Waals surface area contributed by atoms with Gasteiger partial charge in [0.2, 0.25) is 0 Å². The normalized spacial score (nSPS) is 10.8. The minimum atomic E-state index is 0.375. The number of benzene rings is 1. The number of hydrogen-bond donors (Lipinski definition) is 0. The molecule has 1 aromatic heterocycles. The summed E-state index contributed by atoms with van der Waals surface area (Å²) in [5, 5.41) is 8.30. The van der Waals surface area contributed by atoms with Gasteiger partial charge < -0.3 is 0 Å². The van der Waals surface area contributed by atoms with Crippen molar-refractivity contribution in [1.82, 2.24) is 14.8 Å². The molecule has 1 aromatic carbocycles. The van der Waals surface area contributed by atoms with Crippen molar-refractivity contribution in [3.63, 3.8) is 0 Å². The minimum Gasteiger partial charge on any atom is -0.282 e. The molecule has 0 saturated heterocycles. The molecule has 2 rings (SSSR count). The Morgan fingerprint density at radius 2 is 1.88 bits per heavy atom. The SMILES string of the molecule is CCc1nnc(CCl)n1-c1ccc(C)cc1C. The van der Waals surface area contributed by atoms with E-state index in [1.54, 1.807) is 0 Å². The summed E-state index contributed by atoms with van der Waals surface area (Å²) in [6.45, 7) is 6.26. The summed E-state index contributed by atoms with van der Waals surface area (Å²) in [4.78, 5) is 0. The molecule has 0 N–H and O–H groups in total. The highest BCUT2D eigenvalue weighted by Gasteiger charge is 2.13. The standard InChI is InChI=1S/C13H16ClN3/c1-4-12-15-16-13(8-14)17(12)11-6-5-9(2)7-10(11)3/h5-7H,4,8H2,1-3H3. The zero-order chi connectivity index (χ0) is 12.4. The number of halogens is 1. The van der Waals surface area contributed by atoms with Crippen molar-refractivity contribution in [2.75, 3.05) is 0 Å². The number of aromatic nitrogens is 3. The smallest absolute Gasteiger partial charge is 0.152 e. The minimum absolute atomic E-state index is 0.375. The number of aryl methyl sites for hydroxylation is 3. The van der Waals surface area contributed by atoms with E-state index in [1.807, 2.05) is 0 Å². The van der Waals surface area contributed by atoms with Crippen LogP contribution in [0.3, 0.4) is 0 Å². The molecule has 0 radical (unpaired) electrons. The molecule has 0 bridgehead atoms. The van der Waals surface area contributed by atoms with Crippen molar-refractivity contribution >= 4 is 11.6 Å². The van der Waals surface area contributed by atoms with Gasteiger partial charge in [-0.15, -0.1) is 21.8 Å². The molecule has 0 spiro atoms. The molecule has 0 aliphatic carbocycles. The van der Waals surface area contributed by atoms with Crippen LogP contribution in [-0.2, 0) is 12.3 Å². The topological polar surface area (TPSA) is 30.7 Å². The van der Waals surface area contributed by atoms with E-state index >= 15 is 0 Å². The van der Waals surface area contributed by atoms with Crippen LogP contribution in [0.4, 0.5) is 0 Å². The van der Waals surface area contributed by atoms with Crippen LogP contribution in [0, 0.1) is 13.8 Å². The summed E-state index contributed by atoms with van der Waals surface area (Å²) in [5.74, 6) is 2.13. The summed E-state index contributed by atoms with van der Waals surface area (Å²) in [7, 11) is 0. The fourth-order valence-electron chi connectivity index (χ4n) is 2.00. The third-order valence-corrected chi connectivity index (χ3v) is 3.07. The van der Waals surface area contributed by atoms with Crippen molar-refractivity contribution < 1.29 is 0 Å². The van der Waals surface area contributed by atoms with E-state index in [0.717, 1.165) is 23.8 Å². The zero-order valence-corrected chi connectivity index (χ0v) is 11.1. The summed E-state index contributed by atoms with van der Waals surface area (Å²) in [5.41, 5.74) is 3.59. The van der Waals surface area contributed by atoms with E-state index in [1.165, 1.54) is 11.1 Å². The lowest BCUT2D eigenvalue weighted by molar-refractivity contribution is 0.862. The van der Waals surface area contributed by atoms with Gasteiger partial charge in [-0.2, -0.15) is 0 Å². The molecule has 0 aliphatic heterocycles. The maximum absolute atomic E-state index is 5.91. The van der Waals surface area contributed by atoms with Crippen LogP contribution in [0.15, 0.2) is 18.2 Å². The predicted molar refractivity (Wildman–Crippen MR) is 69.8 cm³/mol. The fourth-order valence-corrected chi connectivity index (χ4v) is 2.18. The summed E-state index contributed by atoms with van der Waals surface area (Å²) in [6, 6.07) is 6.36. The summed E-state index contributed by atoms with van der Waals surface area (Å²) < 4.78 is 2.06. The Bertz CT molecular complexity index is 510. The van der Waals surface area contributed by atoms with Crippen molar-refractivity contribution in [1.29, 1.82) is 0 Å². The van der Waals surface area contributed by atoms with E-state index in [-0.39, 0.29) is 0 Å². The van der Waals surface area contributed by atoms with Crippen LogP contribution in [0.5, 0.6) is 0 Å². The fraction of sp³-hybridized carbons (Fsp3) is 0.385. The molecule has 0 amide bonds. The first-order valence-electron chi connectivity index (χ1n) is 5.74. The van der Waals surface area contributed by atoms with Crippen LogP contribution in [0.25, 0.3) is 5.69 Å². The zero-order valence-electron chi connectivity index (χ0n) is 10.4. The van der Waals surface area contributed by atoms with E-state index in [4.69, 9.17) is 11.6 Å². The van der Waals surface area contributed by atoms with E-state index < -0.39 is 0 Å². The molecule has 0 aliphatic rings. The maximum atomic E-state index is 5.91. The van der Waals surface area contributed by atoms with Gasteiger partial charge in [-0.1, -0.05) is 24.6 Å². The second-order valence-electron chi connectivity index (χ2n) is 4.14. The highest BCUT2D eigenvalue weighted by Crippen LogP contribution is 2.20. The highest BCUT2D eigenvalue weighted by atomic mass is 35.5. The molecule has 1 heterocycles. The molecule has 4 heteroatoms. The van der Waals surface area contributed by atoms with Gasteiger partial charge in [0.05, 0.1) is 11.6 Å². The molecule has 17 heavy (non-hydrogen) atoms. The van der Waals surface area contributed by atoms with Crippen LogP contribution in [-0.4, -0.2) is 14.8 Å². The van der Waals surface area contributed by atoms with E-state index in [2.05, 4.69) is 53.7 Å². The summed E-state index contributed by atoms with van der Waals surface area (Å²) >= 11 is 5.91. The molecule has 3 nitrogen and oxygen atoms in total. The maximum Gasteiger partial charge on any atom is 0.152 e. The molecule has 90 valence electrons. The van der Waals surface area contributed by atoms with Crippen LogP contribution >= 0.6 is 11.6 Å². The lowest BCUT2D eigenvalue weighted by Crippen LogP contribution is -2.05. The Morgan fingerprint density at radius 1 is 1.18 bits per heavy atom. The Hall–Kier alpha value is -1.35. The largest absolute Gasteiger partial charge is 0.282 e. The average Bonchev–Trinajstić information content (AvgIpc) is 2.71. The van der Waals surface area contributed by atoms with Crippen molar-refractivity contribution in [3.8, 4) is 5.69 Å². The Morgan fingerprint density at radius 3 is 2.47 bits per heavy atom. The number of rotatable bonds is 3. The van der Waals surface area contributed by atoms with Gasteiger partial charge in [-0.25, -0.2) is 0 Å². The third-order valence-electron chi connectivity index (χ3n) is 2.83. The van der Waals surface area contributed by atoms with Crippen molar-refractivity contribution in [2.45, 2.75) is 33.1 Å². The molecule has 2 aromatic rings. The lowest BCUT2D eigenvalue weighted by atomic mass is 10.1. The molecular formula is C13H16ClN3. The van der Waals surface area contributed by atoms with E-state index in [9.17, 15) is 0 Å². The van der Waals surface area contributed by atoms with Gasteiger partial charge in [0.1, 0.15) is 5.82 Å². The van der Waals surface area contributed by atoms with Gasteiger partial charge in [-0.05, 0) is 25.5 Å². The predicted octanol–water partition coefficient (Wildman–Crippen LogP) is 3.19. The lowest BCUT2D eigenvalue weighted by Gasteiger charge is -2.12. The number of hydrogen-bond acceptors (Lipinski definition) is 2. The van der Waals surface area contributed by atoms with Gasteiger partial charge in [0, 0.05) is 6.42 Å². The number of nitrogens with zero attached hydrogens (tertiary/aromatic N) is 3. The van der Waals surface area contributed by atoms with Crippen LogP contribution in [0.1, 0.15) is 29.7 Å². The molecule has 0 unspecified atom stereocenters. The Kier molecular flexibility index (Phi) is 3.48. The second kappa shape index (κ2) is 4.88. The third kappa shape index (κ3) is 2.20. The van der Waals surface area contributed by atoms with Gasteiger partial charge in [0.15, 0.2) is 5.82 Å². The van der Waals surface area contributed by atoms with Crippen molar-refractivity contribution in [3.05, 3.63) is 41.0 Å². The van der Waals surface area contributed by atoms with Crippen LogP contribution < -0.4 is 0 Å². The monoisotopic (exact) mass is 249 g/mol. The molecule has 0 saturated carbocycles. The Labute approximate surface area is 106 Å². The Balaban J connectivity index is 2.62. The molecule has 0 atom stereocenters. The van der Waals surface area contributed by atoms with Crippen LogP contribution in [0.2, 0.25) is 0 Å². The average molecular weight is 250 g/mol. The first-order valence-corrected chi connectivity index (χ1v) is 6.27. The first-order chi connectivity index (χ1) is 8.17. The van der Waals surface area contributed by atoms with Crippen molar-refractivity contribution in [2.24, 2.45) is 0 Å². The van der Waals surface area contributed by atoms with Gasteiger partial charge >= 0.3 is 0 Å². The van der Waals surface area contributed by atoms with E-state index in [0.29, 0.717) is 5.88 Å². The molecule has 0 fully saturated rings.